The molecule has 1 aromatic carbocycles. The fourth-order valence-electron chi connectivity index (χ4n) is 2.70. The van der Waals surface area contributed by atoms with Gasteiger partial charge in [0.15, 0.2) is 17.3 Å². The number of nitrogens with zero attached hydrogens (tertiary/aromatic N) is 1. The summed E-state index contributed by atoms with van der Waals surface area (Å²) in [5, 5.41) is 0. The standard InChI is InChI=1S/C15H15NO6/c1-8(17)10-4-12-13(22-7-21-12)5-11(10)16-6-9(3-14(16)18)15(19)20-2/h4-5,9H,3,6-7H2,1-2H3. The van der Waals surface area contributed by atoms with E-state index in [2.05, 4.69) is 4.74 Å². The van der Waals surface area contributed by atoms with E-state index in [1.807, 2.05) is 0 Å². The number of amides is 1. The number of hydrogen-bond donors (Lipinski definition) is 0. The summed E-state index contributed by atoms with van der Waals surface area (Å²) in [7, 11) is 1.29. The van der Waals surface area contributed by atoms with Crippen LogP contribution in [0.15, 0.2) is 12.1 Å². The van der Waals surface area contributed by atoms with Crippen LogP contribution in [-0.4, -0.2) is 38.1 Å². The zero-order valence-corrected chi connectivity index (χ0v) is 12.3. The molecule has 116 valence electrons. The van der Waals surface area contributed by atoms with Crippen LogP contribution in [-0.2, 0) is 14.3 Å². The molecule has 1 saturated heterocycles. The minimum Gasteiger partial charge on any atom is -0.469 e. The van der Waals surface area contributed by atoms with Crippen molar-refractivity contribution in [1.29, 1.82) is 0 Å². The smallest absolute Gasteiger partial charge is 0.311 e. The second-order valence-electron chi connectivity index (χ2n) is 5.21. The number of fused-ring (bicyclic) bond motifs is 1. The van der Waals surface area contributed by atoms with E-state index in [0.717, 1.165) is 0 Å². The number of rotatable bonds is 3. The van der Waals surface area contributed by atoms with Crippen molar-refractivity contribution in [2.75, 3.05) is 25.3 Å². The van der Waals surface area contributed by atoms with Crippen LogP contribution in [0.2, 0.25) is 0 Å². The fourth-order valence-corrected chi connectivity index (χ4v) is 2.70. The second-order valence-corrected chi connectivity index (χ2v) is 5.21. The molecule has 1 unspecified atom stereocenters. The molecule has 1 fully saturated rings. The Morgan fingerprint density at radius 3 is 2.59 bits per heavy atom. The molecule has 0 spiro atoms. The first-order valence-corrected chi connectivity index (χ1v) is 6.84. The predicted octanol–water partition coefficient (Wildman–Crippen LogP) is 1.14. The molecular weight excluding hydrogens is 290 g/mol. The van der Waals surface area contributed by atoms with E-state index in [4.69, 9.17) is 9.47 Å². The van der Waals surface area contributed by atoms with Crippen LogP contribution in [0.3, 0.4) is 0 Å². The largest absolute Gasteiger partial charge is 0.469 e. The summed E-state index contributed by atoms with van der Waals surface area (Å²) in [5.41, 5.74) is 0.802. The monoisotopic (exact) mass is 305 g/mol. The maximum absolute atomic E-state index is 12.2. The third-order valence-electron chi connectivity index (χ3n) is 3.82. The lowest BCUT2D eigenvalue weighted by molar-refractivity contribution is -0.145. The molecule has 1 atom stereocenters. The summed E-state index contributed by atoms with van der Waals surface area (Å²) >= 11 is 0. The van der Waals surface area contributed by atoms with Crippen molar-refractivity contribution in [1.82, 2.24) is 0 Å². The van der Waals surface area contributed by atoms with Gasteiger partial charge in [0.2, 0.25) is 12.7 Å². The van der Waals surface area contributed by atoms with Gasteiger partial charge in [0.25, 0.3) is 0 Å². The van der Waals surface area contributed by atoms with Crippen molar-refractivity contribution in [2.24, 2.45) is 5.92 Å². The predicted molar refractivity (Wildman–Crippen MR) is 75.0 cm³/mol. The molecule has 0 aromatic heterocycles. The average Bonchev–Trinajstić information content (AvgIpc) is 3.10. The lowest BCUT2D eigenvalue weighted by atomic mass is 10.1. The average molecular weight is 305 g/mol. The molecule has 1 aromatic rings. The van der Waals surface area contributed by atoms with E-state index in [1.54, 1.807) is 12.1 Å². The van der Waals surface area contributed by atoms with Gasteiger partial charge in [0.1, 0.15) is 0 Å². The first kappa shape index (κ1) is 14.4. The van der Waals surface area contributed by atoms with Crippen molar-refractivity contribution in [3.8, 4) is 11.5 Å². The van der Waals surface area contributed by atoms with Gasteiger partial charge in [-0.15, -0.1) is 0 Å². The topological polar surface area (TPSA) is 82.1 Å². The van der Waals surface area contributed by atoms with Gasteiger partial charge in [0.05, 0.1) is 18.7 Å². The summed E-state index contributed by atoms with van der Waals surface area (Å²) in [5.74, 6) is -0.414. The van der Waals surface area contributed by atoms with Crippen molar-refractivity contribution >= 4 is 23.3 Å². The number of carbonyl (C=O) groups excluding carboxylic acids is 3. The Morgan fingerprint density at radius 1 is 1.27 bits per heavy atom. The van der Waals surface area contributed by atoms with E-state index in [-0.39, 0.29) is 31.4 Å². The van der Waals surface area contributed by atoms with Crippen LogP contribution in [0.4, 0.5) is 5.69 Å². The van der Waals surface area contributed by atoms with E-state index in [0.29, 0.717) is 22.7 Å². The lowest BCUT2D eigenvalue weighted by Gasteiger charge is -2.19. The number of benzene rings is 1. The highest BCUT2D eigenvalue weighted by molar-refractivity contribution is 6.07. The number of methoxy groups -OCH3 is 1. The Bertz CT molecular complexity index is 668. The van der Waals surface area contributed by atoms with Crippen molar-refractivity contribution in [3.63, 3.8) is 0 Å². The van der Waals surface area contributed by atoms with Gasteiger partial charge >= 0.3 is 5.97 Å². The van der Waals surface area contributed by atoms with Gasteiger partial charge in [-0.25, -0.2) is 0 Å². The Kier molecular flexibility index (Phi) is 3.48. The Morgan fingerprint density at radius 2 is 1.95 bits per heavy atom. The third kappa shape index (κ3) is 2.28. The van der Waals surface area contributed by atoms with Crippen LogP contribution in [0, 0.1) is 5.92 Å². The van der Waals surface area contributed by atoms with Gasteiger partial charge in [-0.1, -0.05) is 0 Å². The molecule has 0 radical (unpaired) electrons. The van der Waals surface area contributed by atoms with Gasteiger partial charge in [-0.05, 0) is 13.0 Å². The Balaban J connectivity index is 1.99. The molecule has 2 aliphatic heterocycles. The van der Waals surface area contributed by atoms with Crippen molar-refractivity contribution in [3.05, 3.63) is 17.7 Å². The highest BCUT2D eigenvalue weighted by Crippen LogP contribution is 2.40. The zero-order chi connectivity index (χ0) is 15.9. The summed E-state index contributed by atoms with van der Waals surface area (Å²) in [6, 6.07) is 3.18. The molecule has 0 N–H and O–H groups in total. The highest BCUT2D eigenvalue weighted by Gasteiger charge is 2.37. The SMILES string of the molecule is COC(=O)C1CC(=O)N(c2cc3c(cc2C(C)=O)OCO3)C1. The normalized spacial score (nSPS) is 19.5. The zero-order valence-electron chi connectivity index (χ0n) is 12.3. The first-order chi connectivity index (χ1) is 10.5. The fraction of sp³-hybridized carbons (Fsp3) is 0.400. The number of ether oxygens (including phenoxy) is 3. The molecule has 0 aliphatic carbocycles. The number of anilines is 1. The van der Waals surface area contributed by atoms with Crippen LogP contribution in [0.5, 0.6) is 11.5 Å². The maximum Gasteiger partial charge on any atom is 0.311 e. The van der Waals surface area contributed by atoms with E-state index < -0.39 is 11.9 Å². The first-order valence-electron chi connectivity index (χ1n) is 6.84. The number of hydrogen-bond acceptors (Lipinski definition) is 6. The van der Waals surface area contributed by atoms with Crippen LogP contribution in [0.1, 0.15) is 23.7 Å². The highest BCUT2D eigenvalue weighted by atomic mass is 16.7. The molecule has 0 bridgehead atoms. The minimum atomic E-state index is -0.525. The summed E-state index contributed by atoms with van der Waals surface area (Å²) in [4.78, 5) is 37.2. The molecule has 7 nitrogen and oxygen atoms in total. The lowest BCUT2D eigenvalue weighted by Crippen LogP contribution is -2.27. The summed E-state index contributed by atoms with van der Waals surface area (Å²) in [6.45, 7) is 1.68. The molecule has 2 aliphatic rings. The number of ketones is 1. The van der Waals surface area contributed by atoms with Crippen molar-refractivity contribution < 1.29 is 28.6 Å². The number of Topliss-reactive ketones (excluding diaryl/α,β-unsaturated/α-hetero) is 1. The minimum absolute atomic E-state index is 0.0679. The number of carbonyl (C=O) groups is 3. The second kappa shape index (κ2) is 5.32. The molecule has 1 amide bonds. The van der Waals surface area contributed by atoms with E-state index >= 15 is 0 Å². The van der Waals surface area contributed by atoms with Gasteiger partial charge in [-0.3, -0.25) is 14.4 Å². The number of esters is 1. The van der Waals surface area contributed by atoms with E-state index in [9.17, 15) is 14.4 Å². The summed E-state index contributed by atoms with van der Waals surface area (Å²) in [6.07, 6.45) is 0.0679. The molecule has 0 saturated carbocycles. The molecular formula is C15H15NO6. The quantitative estimate of drug-likeness (QED) is 0.615. The van der Waals surface area contributed by atoms with Crippen LogP contribution in [0.25, 0.3) is 0 Å². The van der Waals surface area contributed by atoms with Crippen LogP contribution < -0.4 is 14.4 Å². The molecule has 7 heteroatoms. The van der Waals surface area contributed by atoms with E-state index in [1.165, 1.54) is 18.9 Å². The molecule has 2 heterocycles. The molecule has 3 rings (SSSR count). The Labute approximate surface area is 126 Å². The maximum atomic E-state index is 12.2. The van der Waals surface area contributed by atoms with Crippen LogP contribution >= 0.6 is 0 Å². The van der Waals surface area contributed by atoms with Gasteiger partial charge in [0, 0.05) is 24.6 Å². The Hall–Kier alpha value is -2.57. The summed E-state index contributed by atoms with van der Waals surface area (Å²) < 4.78 is 15.2. The van der Waals surface area contributed by atoms with Gasteiger partial charge < -0.3 is 19.1 Å². The van der Waals surface area contributed by atoms with Crippen molar-refractivity contribution in [2.45, 2.75) is 13.3 Å². The van der Waals surface area contributed by atoms with Gasteiger partial charge in [-0.2, -0.15) is 0 Å². The molecule has 22 heavy (non-hydrogen) atoms. The third-order valence-corrected chi connectivity index (χ3v) is 3.82.